The van der Waals surface area contributed by atoms with Crippen LogP contribution in [-0.2, 0) is 14.2 Å². The number of rotatable bonds is 9. The molecule has 1 fully saturated rings. The van der Waals surface area contributed by atoms with Crippen molar-refractivity contribution in [3.63, 3.8) is 0 Å². The van der Waals surface area contributed by atoms with E-state index >= 15 is 0 Å². The summed E-state index contributed by atoms with van der Waals surface area (Å²) >= 11 is 5.11. The maximum absolute atomic E-state index is 9.92. The second-order valence-electron chi connectivity index (χ2n) is 5.28. The van der Waals surface area contributed by atoms with Crippen molar-refractivity contribution < 1.29 is 34.6 Å². The molecule has 9 nitrogen and oxygen atoms in total. The van der Waals surface area contributed by atoms with E-state index in [9.17, 15) is 15.3 Å². The predicted octanol–water partition coefficient (Wildman–Crippen LogP) is -1.96. The van der Waals surface area contributed by atoms with Crippen molar-refractivity contribution in [3.05, 3.63) is 0 Å². The van der Waals surface area contributed by atoms with Gasteiger partial charge in [0.15, 0.2) is 17.6 Å². The fraction of sp³-hybridized carbons (Fsp3) is 0.929. The number of aliphatic hydroxyl groups excluding tert-OH is 4. The summed E-state index contributed by atoms with van der Waals surface area (Å²) in [6, 6.07) is 0. The van der Waals surface area contributed by atoms with Crippen LogP contribution in [-0.4, -0.2) is 88.8 Å². The highest BCUT2D eigenvalue weighted by Gasteiger charge is 2.43. The predicted molar refractivity (Wildman–Crippen MR) is 89.2 cm³/mol. The third kappa shape index (κ3) is 6.37. The summed E-state index contributed by atoms with van der Waals surface area (Å²) in [6.45, 7) is 4.81. The van der Waals surface area contributed by atoms with Gasteiger partial charge in [-0.1, -0.05) is 0 Å². The zero-order chi connectivity index (χ0) is 18.1. The molecule has 5 atom stereocenters. The highest BCUT2D eigenvalue weighted by molar-refractivity contribution is 7.80. The standard InChI is InChI=1S/C14H28N2O7S/c1-3-21-9(22-4-2)5-6-15-14(24)16-13-12(20)11(19)10(18)8(7-17)23-13/h8-13,17-20H,3-7H2,1-2H3,(H2,15,16,24)/t8-,10+,11+,12-,13-/m1/s1. The first-order valence-electron chi connectivity index (χ1n) is 8.02. The van der Waals surface area contributed by atoms with Crippen LogP contribution in [0, 0.1) is 0 Å². The van der Waals surface area contributed by atoms with Gasteiger partial charge in [0.05, 0.1) is 6.61 Å². The second kappa shape index (κ2) is 11.1. The Balaban J connectivity index is 2.40. The van der Waals surface area contributed by atoms with Crippen molar-refractivity contribution >= 4 is 17.3 Å². The van der Waals surface area contributed by atoms with Crippen molar-refractivity contribution in [2.45, 2.75) is 57.2 Å². The van der Waals surface area contributed by atoms with Crippen LogP contribution in [0.1, 0.15) is 20.3 Å². The summed E-state index contributed by atoms with van der Waals surface area (Å²) in [4.78, 5) is 0. The van der Waals surface area contributed by atoms with Crippen LogP contribution >= 0.6 is 12.2 Å². The maximum Gasteiger partial charge on any atom is 0.168 e. The zero-order valence-corrected chi connectivity index (χ0v) is 14.7. The highest BCUT2D eigenvalue weighted by Crippen LogP contribution is 2.19. The average molecular weight is 368 g/mol. The summed E-state index contributed by atoms with van der Waals surface area (Å²) in [5, 5.41) is 44.3. The Kier molecular flexibility index (Phi) is 9.93. The van der Waals surface area contributed by atoms with E-state index in [1.807, 2.05) is 13.8 Å². The summed E-state index contributed by atoms with van der Waals surface area (Å²) < 4.78 is 16.1. The topological polar surface area (TPSA) is 133 Å². The van der Waals surface area contributed by atoms with Crippen molar-refractivity contribution in [2.24, 2.45) is 0 Å². The molecule has 1 aliphatic rings. The van der Waals surface area contributed by atoms with E-state index in [2.05, 4.69) is 10.6 Å². The van der Waals surface area contributed by atoms with Crippen molar-refractivity contribution in [2.75, 3.05) is 26.4 Å². The van der Waals surface area contributed by atoms with Gasteiger partial charge in [-0.3, -0.25) is 0 Å². The fourth-order valence-electron chi connectivity index (χ4n) is 2.29. The van der Waals surface area contributed by atoms with Crippen molar-refractivity contribution in [3.8, 4) is 0 Å². The number of thiocarbonyl (C=S) groups is 1. The Labute approximate surface area is 146 Å². The van der Waals surface area contributed by atoms with Gasteiger partial charge in [0, 0.05) is 26.2 Å². The molecule has 0 bridgehead atoms. The van der Waals surface area contributed by atoms with E-state index in [-0.39, 0.29) is 11.4 Å². The SMILES string of the molecule is CCOC(CCNC(=S)N[C@@H]1O[C@H](CO)[C@H](O)[C@H](O)[C@H]1O)OCC. The average Bonchev–Trinajstić information content (AvgIpc) is 2.55. The van der Waals surface area contributed by atoms with Gasteiger partial charge in [-0.05, 0) is 26.1 Å². The van der Waals surface area contributed by atoms with Crippen LogP contribution in [0.5, 0.6) is 0 Å². The monoisotopic (exact) mass is 368 g/mol. The van der Waals surface area contributed by atoms with Crippen molar-refractivity contribution in [1.29, 1.82) is 0 Å². The van der Waals surface area contributed by atoms with Gasteiger partial charge in [-0.15, -0.1) is 0 Å². The van der Waals surface area contributed by atoms with Gasteiger partial charge in [-0.2, -0.15) is 0 Å². The van der Waals surface area contributed by atoms with Gasteiger partial charge in [-0.25, -0.2) is 0 Å². The number of hydrogen-bond acceptors (Lipinski definition) is 8. The van der Waals surface area contributed by atoms with Crippen LogP contribution in [0.3, 0.4) is 0 Å². The van der Waals surface area contributed by atoms with Crippen LogP contribution in [0.25, 0.3) is 0 Å². The van der Waals surface area contributed by atoms with Crippen LogP contribution in [0.4, 0.5) is 0 Å². The molecule has 6 N–H and O–H groups in total. The first-order valence-corrected chi connectivity index (χ1v) is 8.43. The molecule has 1 heterocycles. The second-order valence-corrected chi connectivity index (χ2v) is 5.69. The molecule has 1 aliphatic heterocycles. The maximum atomic E-state index is 9.92. The zero-order valence-electron chi connectivity index (χ0n) is 13.9. The highest BCUT2D eigenvalue weighted by atomic mass is 32.1. The van der Waals surface area contributed by atoms with E-state index in [1.54, 1.807) is 0 Å². The molecule has 10 heteroatoms. The Morgan fingerprint density at radius 2 is 1.75 bits per heavy atom. The smallest absolute Gasteiger partial charge is 0.168 e. The Morgan fingerprint density at radius 3 is 2.29 bits per heavy atom. The lowest BCUT2D eigenvalue weighted by molar-refractivity contribution is -0.232. The lowest BCUT2D eigenvalue weighted by Gasteiger charge is -2.40. The van der Waals surface area contributed by atoms with Gasteiger partial charge >= 0.3 is 0 Å². The molecule has 0 aromatic heterocycles. The Morgan fingerprint density at radius 1 is 1.12 bits per heavy atom. The molecule has 0 radical (unpaired) electrons. The summed E-state index contributed by atoms with van der Waals surface area (Å²) in [5.74, 6) is 0. The molecule has 0 saturated carbocycles. The molecule has 0 aromatic rings. The lowest BCUT2D eigenvalue weighted by atomic mass is 9.98. The first-order chi connectivity index (χ1) is 11.4. The minimum Gasteiger partial charge on any atom is -0.394 e. The van der Waals surface area contributed by atoms with E-state index in [0.717, 1.165) is 0 Å². The molecule has 0 amide bonds. The Hall–Kier alpha value is -0.590. The van der Waals surface area contributed by atoms with E-state index in [4.69, 9.17) is 31.5 Å². The third-order valence-electron chi connectivity index (χ3n) is 3.54. The molecule has 142 valence electrons. The number of aliphatic hydroxyl groups is 4. The van der Waals surface area contributed by atoms with Crippen LogP contribution in [0.15, 0.2) is 0 Å². The van der Waals surface area contributed by atoms with E-state index in [1.165, 1.54) is 0 Å². The molecule has 24 heavy (non-hydrogen) atoms. The first kappa shape index (κ1) is 21.5. The molecule has 0 spiro atoms. The fourth-order valence-corrected chi connectivity index (χ4v) is 2.51. The third-order valence-corrected chi connectivity index (χ3v) is 3.80. The minimum absolute atomic E-state index is 0.200. The summed E-state index contributed by atoms with van der Waals surface area (Å²) in [5.41, 5.74) is 0. The molecule has 1 rings (SSSR count). The van der Waals surface area contributed by atoms with Crippen LogP contribution < -0.4 is 10.6 Å². The van der Waals surface area contributed by atoms with Gasteiger partial charge in [0.2, 0.25) is 0 Å². The van der Waals surface area contributed by atoms with E-state index in [0.29, 0.717) is 26.2 Å². The number of ether oxygens (including phenoxy) is 3. The molecule has 0 aliphatic carbocycles. The number of nitrogens with one attached hydrogen (secondary N) is 2. The normalized spacial score (nSPS) is 30.4. The van der Waals surface area contributed by atoms with Gasteiger partial charge in [0.25, 0.3) is 0 Å². The van der Waals surface area contributed by atoms with Crippen LogP contribution in [0.2, 0.25) is 0 Å². The Bertz CT molecular complexity index is 369. The minimum atomic E-state index is -1.45. The largest absolute Gasteiger partial charge is 0.394 e. The summed E-state index contributed by atoms with van der Waals surface area (Å²) in [7, 11) is 0. The molecule has 0 aromatic carbocycles. The quantitative estimate of drug-likeness (QED) is 0.201. The number of hydrogen-bond donors (Lipinski definition) is 6. The molecule has 1 saturated heterocycles. The van der Waals surface area contributed by atoms with Gasteiger partial charge < -0.3 is 45.3 Å². The lowest BCUT2D eigenvalue weighted by Crippen LogP contribution is -2.64. The summed E-state index contributed by atoms with van der Waals surface area (Å²) in [6.07, 6.45) is -6.03. The van der Waals surface area contributed by atoms with Gasteiger partial charge in [0.1, 0.15) is 24.4 Å². The molecule has 0 unspecified atom stereocenters. The van der Waals surface area contributed by atoms with E-state index < -0.39 is 37.3 Å². The molecular weight excluding hydrogens is 340 g/mol. The molecular formula is C14H28N2O7S. The van der Waals surface area contributed by atoms with Crippen molar-refractivity contribution in [1.82, 2.24) is 10.6 Å².